The number of hydrogen-bond acceptors (Lipinski definition) is 2. The maximum absolute atomic E-state index is 14.1. The maximum atomic E-state index is 14.1. The van der Waals surface area contributed by atoms with E-state index < -0.39 is 11.9 Å². The predicted molar refractivity (Wildman–Crippen MR) is 85.0 cm³/mol. The van der Waals surface area contributed by atoms with Gasteiger partial charge in [-0.25, -0.2) is 4.39 Å². The molecule has 0 saturated carbocycles. The molecule has 106 valence electrons. The third kappa shape index (κ3) is 3.11. The number of rotatable bonds is 4. The van der Waals surface area contributed by atoms with Gasteiger partial charge in [0.2, 0.25) is 0 Å². The average molecular weight is 403 g/mol. The standard InChI is InChI=1S/C15H14Br2FNO/c16-12-6-2-1-4-9(12)11(8-19)15(20)10-5-3-7-13(17)14(10)18/h1-7,11,15,20H,8,19H2. The summed E-state index contributed by atoms with van der Waals surface area (Å²) in [4.78, 5) is 0. The van der Waals surface area contributed by atoms with E-state index in [2.05, 4.69) is 31.9 Å². The van der Waals surface area contributed by atoms with E-state index in [1.165, 1.54) is 0 Å². The van der Waals surface area contributed by atoms with Crippen LogP contribution < -0.4 is 5.73 Å². The number of aliphatic hydroxyl groups excluding tert-OH is 1. The number of hydrogen-bond donors (Lipinski definition) is 2. The molecule has 2 nitrogen and oxygen atoms in total. The molecule has 0 aromatic heterocycles. The number of benzene rings is 2. The highest BCUT2D eigenvalue weighted by Gasteiger charge is 2.26. The molecule has 2 atom stereocenters. The van der Waals surface area contributed by atoms with Crippen molar-refractivity contribution in [2.24, 2.45) is 5.73 Å². The Hall–Kier alpha value is -0.750. The van der Waals surface area contributed by atoms with E-state index in [4.69, 9.17) is 5.73 Å². The summed E-state index contributed by atoms with van der Waals surface area (Å²) in [6.07, 6.45) is -1.00. The molecule has 2 unspecified atom stereocenters. The second-order valence-corrected chi connectivity index (χ2v) is 6.16. The summed E-state index contributed by atoms with van der Waals surface area (Å²) in [5, 5.41) is 10.5. The van der Waals surface area contributed by atoms with E-state index in [0.29, 0.717) is 4.47 Å². The highest BCUT2D eigenvalue weighted by molar-refractivity contribution is 9.10. The molecule has 0 aliphatic carbocycles. The van der Waals surface area contributed by atoms with Crippen molar-refractivity contribution in [2.45, 2.75) is 12.0 Å². The zero-order chi connectivity index (χ0) is 14.7. The van der Waals surface area contributed by atoms with Crippen molar-refractivity contribution >= 4 is 31.9 Å². The number of aliphatic hydroxyl groups is 1. The van der Waals surface area contributed by atoms with E-state index in [-0.39, 0.29) is 18.0 Å². The van der Waals surface area contributed by atoms with Gasteiger partial charge in [-0.3, -0.25) is 0 Å². The molecule has 2 aromatic carbocycles. The Morgan fingerprint density at radius 3 is 2.25 bits per heavy atom. The van der Waals surface area contributed by atoms with Gasteiger partial charge < -0.3 is 10.8 Å². The molecule has 0 saturated heterocycles. The summed E-state index contributed by atoms with van der Waals surface area (Å²) in [6, 6.07) is 12.4. The highest BCUT2D eigenvalue weighted by Crippen LogP contribution is 2.36. The summed E-state index contributed by atoms with van der Waals surface area (Å²) < 4.78 is 15.3. The molecule has 2 aromatic rings. The molecule has 0 fully saturated rings. The summed E-state index contributed by atoms with van der Waals surface area (Å²) in [5.74, 6) is -0.833. The largest absolute Gasteiger partial charge is 0.388 e. The summed E-state index contributed by atoms with van der Waals surface area (Å²) in [7, 11) is 0. The number of halogens is 3. The first kappa shape index (κ1) is 15.6. The molecule has 0 amide bonds. The molecule has 0 aliphatic heterocycles. The van der Waals surface area contributed by atoms with Gasteiger partial charge in [0.25, 0.3) is 0 Å². The van der Waals surface area contributed by atoms with Crippen molar-refractivity contribution in [1.82, 2.24) is 0 Å². The molecule has 5 heteroatoms. The van der Waals surface area contributed by atoms with Gasteiger partial charge in [-0.15, -0.1) is 0 Å². The van der Waals surface area contributed by atoms with Crippen LogP contribution in [0.5, 0.6) is 0 Å². The predicted octanol–water partition coefficient (Wildman–Crippen LogP) is 4.13. The van der Waals surface area contributed by atoms with Crippen molar-refractivity contribution in [3.05, 3.63) is 68.4 Å². The zero-order valence-electron chi connectivity index (χ0n) is 10.6. The highest BCUT2D eigenvalue weighted by atomic mass is 79.9. The minimum Gasteiger partial charge on any atom is -0.388 e. The lowest BCUT2D eigenvalue weighted by Gasteiger charge is -2.24. The Kier molecular flexibility index (Phi) is 5.32. The summed E-state index contributed by atoms with van der Waals surface area (Å²) in [5.41, 5.74) is 6.89. The molecule has 0 heterocycles. The second-order valence-electron chi connectivity index (χ2n) is 4.45. The summed E-state index contributed by atoms with van der Waals surface area (Å²) >= 11 is 6.57. The van der Waals surface area contributed by atoms with E-state index in [9.17, 15) is 9.50 Å². The van der Waals surface area contributed by atoms with Crippen LogP contribution in [0.15, 0.2) is 51.4 Å². The fourth-order valence-corrected chi connectivity index (χ4v) is 3.13. The first-order chi connectivity index (χ1) is 9.56. The lowest BCUT2D eigenvalue weighted by Crippen LogP contribution is -2.21. The molecule has 20 heavy (non-hydrogen) atoms. The van der Waals surface area contributed by atoms with Crippen LogP contribution in [0.2, 0.25) is 0 Å². The third-order valence-electron chi connectivity index (χ3n) is 3.24. The van der Waals surface area contributed by atoms with Crippen molar-refractivity contribution in [1.29, 1.82) is 0 Å². The van der Waals surface area contributed by atoms with Crippen LogP contribution in [-0.2, 0) is 0 Å². The Morgan fingerprint density at radius 1 is 1.00 bits per heavy atom. The van der Waals surface area contributed by atoms with Crippen molar-refractivity contribution in [3.8, 4) is 0 Å². The summed E-state index contributed by atoms with van der Waals surface area (Å²) in [6.45, 7) is 0.218. The van der Waals surface area contributed by atoms with Gasteiger partial charge in [0, 0.05) is 22.5 Å². The Labute approximate surface area is 134 Å². The molecule has 0 aliphatic rings. The lowest BCUT2D eigenvalue weighted by molar-refractivity contribution is 0.142. The second kappa shape index (κ2) is 6.80. The fraction of sp³-hybridized carbons (Fsp3) is 0.200. The van der Waals surface area contributed by atoms with E-state index >= 15 is 0 Å². The van der Waals surface area contributed by atoms with Gasteiger partial charge in [0.1, 0.15) is 5.82 Å². The fourth-order valence-electron chi connectivity index (χ4n) is 2.17. The van der Waals surface area contributed by atoms with Crippen LogP contribution in [0.3, 0.4) is 0 Å². The quantitative estimate of drug-likeness (QED) is 0.807. The smallest absolute Gasteiger partial charge is 0.143 e. The van der Waals surface area contributed by atoms with Crippen LogP contribution >= 0.6 is 31.9 Å². The SMILES string of the molecule is NCC(c1ccccc1Br)C(O)c1cccc(Br)c1F. The maximum Gasteiger partial charge on any atom is 0.143 e. The van der Waals surface area contributed by atoms with Crippen LogP contribution in [0, 0.1) is 5.82 Å². The molecular formula is C15H14Br2FNO. The third-order valence-corrected chi connectivity index (χ3v) is 4.57. The van der Waals surface area contributed by atoms with Gasteiger partial charge in [-0.1, -0.05) is 46.3 Å². The van der Waals surface area contributed by atoms with Gasteiger partial charge in [-0.05, 0) is 33.6 Å². The average Bonchev–Trinajstić information content (AvgIpc) is 2.44. The van der Waals surface area contributed by atoms with Crippen molar-refractivity contribution < 1.29 is 9.50 Å². The van der Waals surface area contributed by atoms with Crippen molar-refractivity contribution in [3.63, 3.8) is 0 Å². The van der Waals surface area contributed by atoms with E-state index in [1.54, 1.807) is 18.2 Å². The van der Waals surface area contributed by atoms with Crippen molar-refractivity contribution in [2.75, 3.05) is 6.54 Å². The van der Waals surface area contributed by atoms with Crippen LogP contribution in [-0.4, -0.2) is 11.7 Å². The number of nitrogens with two attached hydrogens (primary N) is 1. The van der Waals surface area contributed by atoms with Gasteiger partial charge in [0.05, 0.1) is 10.6 Å². The molecule has 0 radical (unpaired) electrons. The monoisotopic (exact) mass is 401 g/mol. The van der Waals surface area contributed by atoms with Gasteiger partial charge >= 0.3 is 0 Å². The zero-order valence-corrected chi connectivity index (χ0v) is 13.7. The van der Waals surface area contributed by atoms with Gasteiger partial charge in [0.15, 0.2) is 0 Å². The molecule has 2 rings (SSSR count). The van der Waals surface area contributed by atoms with Gasteiger partial charge in [-0.2, -0.15) is 0 Å². The Balaban J connectivity index is 2.42. The normalized spacial score (nSPS) is 14.1. The first-order valence-corrected chi connectivity index (χ1v) is 7.71. The first-order valence-electron chi connectivity index (χ1n) is 6.12. The minimum absolute atomic E-state index is 0.218. The molecular weight excluding hydrogens is 389 g/mol. The molecule has 0 spiro atoms. The lowest BCUT2D eigenvalue weighted by atomic mass is 9.89. The van der Waals surface area contributed by atoms with Crippen LogP contribution in [0.1, 0.15) is 23.1 Å². The molecule has 0 bridgehead atoms. The van der Waals surface area contributed by atoms with E-state index in [1.807, 2.05) is 24.3 Å². The van der Waals surface area contributed by atoms with Crippen LogP contribution in [0.25, 0.3) is 0 Å². The topological polar surface area (TPSA) is 46.2 Å². The Morgan fingerprint density at radius 2 is 1.60 bits per heavy atom. The van der Waals surface area contributed by atoms with E-state index in [0.717, 1.165) is 10.0 Å². The van der Waals surface area contributed by atoms with Crippen LogP contribution in [0.4, 0.5) is 4.39 Å². The minimum atomic E-state index is -1.00. The molecule has 3 N–H and O–H groups in total. The Bertz CT molecular complexity index is 606.